The van der Waals surface area contributed by atoms with Gasteiger partial charge in [-0.1, -0.05) is 71.6 Å². The van der Waals surface area contributed by atoms with Gasteiger partial charge in [-0.05, 0) is 31.1 Å². The third-order valence-corrected chi connectivity index (χ3v) is 3.94. The molecule has 95 valence electrons. The SMILES string of the molecule is CCC[CH]CCCC(CCCCC)C1CC1. The minimum absolute atomic E-state index is 1.08. The van der Waals surface area contributed by atoms with Crippen LogP contribution in [0, 0.1) is 18.3 Å². The summed E-state index contributed by atoms with van der Waals surface area (Å²) in [6, 6.07) is 0. The Hall–Kier alpha value is 0. The molecule has 0 heterocycles. The fourth-order valence-corrected chi connectivity index (χ4v) is 2.71. The third-order valence-electron chi connectivity index (χ3n) is 3.94. The van der Waals surface area contributed by atoms with Crippen molar-refractivity contribution in [3.05, 3.63) is 6.42 Å². The quantitative estimate of drug-likeness (QED) is 0.390. The molecule has 1 aliphatic carbocycles. The highest BCUT2D eigenvalue weighted by atomic mass is 14.3. The Balaban J connectivity index is 1.99. The molecule has 0 saturated heterocycles. The van der Waals surface area contributed by atoms with Gasteiger partial charge in [-0.3, -0.25) is 0 Å². The van der Waals surface area contributed by atoms with Crippen molar-refractivity contribution < 1.29 is 0 Å². The highest BCUT2D eigenvalue weighted by Gasteiger charge is 2.29. The summed E-state index contributed by atoms with van der Waals surface area (Å²) in [5, 5.41) is 0. The summed E-state index contributed by atoms with van der Waals surface area (Å²) in [6.07, 6.45) is 18.4. The average molecular weight is 223 g/mol. The predicted octanol–water partition coefficient (Wildman–Crippen LogP) is 5.77. The van der Waals surface area contributed by atoms with Gasteiger partial charge in [0.25, 0.3) is 0 Å². The Labute approximate surface area is 103 Å². The van der Waals surface area contributed by atoms with Crippen molar-refractivity contribution in [1.82, 2.24) is 0 Å². The Morgan fingerprint density at radius 3 is 2.31 bits per heavy atom. The number of hydrogen-bond acceptors (Lipinski definition) is 0. The molecule has 0 bridgehead atoms. The third kappa shape index (κ3) is 6.55. The van der Waals surface area contributed by atoms with E-state index in [0.717, 1.165) is 11.8 Å². The van der Waals surface area contributed by atoms with Crippen LogP contribution in [0.25, 0.3) is 0 Å². The second-order valence-corrected chi connectivity index (χ2v) is 5.60. The Kier molecular flexibility index (Phi) is 7.98. The van der Waals surface area contributed by atoms with Crippen LogP contribution in [0.5, 0.6) is 0 Å². The van der Waals surface area contributed by atoms with Gasteiger partial charge in [0, 0.05) is 0 Å². The van der Waals surface area contributed by atoms with E-state index in [0.29, 0.717) is 0 Å². The van der Waals surface area contributed by atoms with E-state index in [-0.39, 0.29) is 0 Å². The Morgan fingerprint density at radius 1 is 0.938 bits per heavy atom. The fourth-order valence-electron chi connectivity index (χ4n) is 2.71. The summed E-state index contributed by atoms with van der Waals surface area (Å²) in [7, 11) is 0. The second kappa shape index (κ2) is 9.07. The van der Waals surface area contributed by atoms with Crippen molar-refractivity contribution in [1.29, 1.82) is 0 Å². The van der Waals surface area contributed by atoms with Crippen molar-refractivity contribution in [2.45, 2.75) is 84.5 Å². The van der Waals surface area contributed by atoms with Crippen LogP contribution >= 0.6 is 0 Å². The van der Waals surface area contributed by atoms with Crippen LogP contribution in [0.2, 0.25) is 0 Å². The lowest BCUT2D eigenvalue weighted by molar-refractivity contribution is 0.371. The topological polar surface area (TPSA) is 0 Å². The van der Waals surface area contributed by atoms with Crippen molar-refractivity contribution in [2.75, 3.05) is 0 Å². The Morgan fingerprint density at radius 2 is 1.69 bits per heavy atom. The summed E-state index contributed by atoms with van der Waals surface area (Å²) >= 11 is 0. The van der Waals surface area contributed by atoms with E-state index < -0.39 is 0 Å². The van der Waals surface area contributed by atoms with E-state index in [9.17, 15) is 0 Å². The molecule has 1 aliphatic rings. The van der Waals surface area contributed by atoms with Crippen molar-refractivity contribution in [3.8, 4) is 0 Å². The lowest BCUT2D eigenvalue weighted by atomic mass is 9.90. The summed E-state index contributed by atoms with van der Waals surface area (Å²) < 4.78 is 0. The molecule has 1 radical (unpaired) electrons. The first-order valence-electron chi connectivity index (χ1n) is 7.70. The molecule has 0 amide bonds. The first kappa shape index (κ1) is 14.1. The minimum Gasteiger partial charge on any atom is -0.0654 e. The molecule has 1 fully saturated rings. The zero-order chi connectivity index (χ0) is 11.6. The molecular weight excluding hydrogens is 192 g/mol. The van der Waals surface area contributed by atoms with Gasteiger partial charge in [-0.25, -0.2) is 0 Å². The molecule has 0 heteroatoms. The molecule has 0 aromatic carbocycles. The number of hydrogen-bond donors (Lipinski definition) is 0. The normalized spacial score (nSPS) is 17.6. The lowest BCUT2D eigenvalue weighted by Crippen LogP contribution is -2.03. The molecule has 1 rings (SSSR count). The van der Waals surface area contributed by atoms with E-state index >= 15 is 0 Å². The molecule has 16 heavy (non-hydrogen) atoms. The fraction of sp³-hybridized carbons (Fsp3) is 0.938. The summed E-state index contributed by atoms with van der Waals surface area (Å²) in [5.74, 6) is 2.21. The molecule has 1 atom stereocenters. The van der Waals surface area contributed by atoms with Gasteiger partial charge in [-0.15, -0.1) is 0 Å². The van der Waals surface area contributed by atoms with Gasteiger partial charge in [0.15, 0.2) is 0 Å². The largest absolute Gasteiger partial charge is 0.0654 e. The molecular formula is C16H31. The van der Waals surface area contributed by atoms with Gasteiger partial charge in [0.1, 0.15) is 0 Å². The minimum atomic E-state index is 1.08. The molecule has 1 unspecified atom stereocenters. The van der Waals surface area contributed by atoms with Crippen LogP contribution in [0.4, 0.5) is 0 Å². The molecule has 0 aliphatic heterocycles. The van der Waals surface area contributed by atoms with Crippen molar-refractivity contribution >= 4 is 0 Å². The zero-order valence-corrected chi connectivity index (χ0v) is 11.5. The maximum atomic E-state index is 2.50. The summed E-state index contributed by atoms with van der Waals surface area (Å²) in [6.45, 7) is 4.58. The first-order chi connectivity index (χ1) is 7.88. The van der Waals surface area contributed by atoms with Crippen LogP contribution in [0.3, 0.4) is 0 Å². The molecule has 0 aromatic heterocycles. The molecule has 1 saturated carbocycles. The smallest absolute Gasteiger partial charge is 0.0386 e. The summed E-state index contributed by atoms with van der Waals surface area (Å²) in [4.78, 5) is 0. The summed E-state index contributed by atoms with van der Waals surface area (Å²) in [5.41, 5.74) is 0. The van der Waals surface area contributed by atoms with E-state index in [4.69, 9.17) is 0 Å². The van der Waals surface area contributed by atoms with Crippen LogP contribution in [0.15, 0.2) is 0 Å². The van der Waals surface area contributed by atoms with E-state index in [2.05, 4.69) is 20.3 Å². The van der Waals surface area contributed by atoms with Crippen molar-refractivity contribution in [2.24, 2.45) is 11.8 Å². The predicted molar refractivity (Wildman–Crippen MR) is 73.4 cm³/mol. The van der Waals surface area contributed by atoms with Crippen LogP contribution in [0.1, 0.15) is 84.5 Å². The highest BCUT2D eigenvalue weighted by Crippen LogP contribution is 2.41. The van der Waals surface area contributed by atoms with Gasteiger partial charge in [-0.2, -0.15) is 0 Å². The number of unbranched alkanes of at least 4 members (excludes halogenated alkanes) is 6. The van der Waals surface area contributed by atoms with Crippen molar-refractivity contribution in [3.63, 3.8) is 0 Å². The second-order valence-electron chi connectivity index (χ2n) is 5.60. The molecule has 0 aromatic rings. The van der Waals surface area contributed by atoms with Crippen LogP contribution in [-0.2, 0) is 0 Å². The zero-order valence-electron chi connectivity index (χ0n) is 11.5. The van der Waals surface area contributed by atoms with Gasteiger partial charge in [0.2, 0.25) is 0 Å². The van der Waals surface area contributed by atoms with Gasteiger partial charge in [0.05, 0.1) is 0 Å². The maximum Gasteiger partial charge on any atom is -0.0386 e. The molecule has 0 spiro atoms. The maximum absolute atomic E-state index is 2.50. The van der Waals surface area contributed by atoms with E-state index in [1.54, 1.807) is 0 Å². The van der Waals surface area contributed by atoms with Gasteiger partial charge < -0.3 is 0 Å². The number of rotatable bonds is 11. The lowest BCUT2D eigenvalue weighted by Gasteiger charge is -2.15. The standard InChI is InChI=1S/C16H31/c1-3-5-7-8-10-12-15(16-13-14-16)11-9-6-4-2/h7,15-16H,3-6,8-14H2,1-2H3. The Bertz CT molecular complexity index is 146. The van der Waals surface area contributed by atoms with Crippen LogP contribution in [-0.4, -0.2) is 0 Å². The molecule has 0 N–H and O–H groups in total. The highest BCUT2D eigenvalue weighted by molar-refractivity contribution is 4.81. The average Bonchev–Trinajstić information content (AvgIpc) is 3.10. The first-order valence-corrected chi connectivity index (χ1v) is 7.70. The van der Waals surface area contributed by atoms with E-state index in [1.165, 1.54) is 70.6 Å². The molecule has 0 nitrogen and oxygen atoms in total. The monoisotopic (exact) mass is 223 g/mol. The van der Waals surface area contributed by atoms with Gasteiger partial charge >= 0.3 is 0 Å². The van der Waals surface area contributed by atoms with E-state index in [1.807, 2.05) is 0 Å². The van der Waals surface area contributed by atoms with Crippen LogP contribution < -0.4 is 0 Å².